The Balaban J connectivity index is 1.89. The summed E-state index contributed by atoms with van der Waals surface area (Å²) in [7, 11) is 0. The predicted molar refractivity (Wildman–Crippen MR) is 68.7 cm³/mol. The van der Waals surface area contributed by atoms with Crippen LogP contribution in [0.3, 0.4) is 0 Å². The maximum atomic E-state index is 5.92. The first kappa shape index (κ1) is 12.5. The SMILES string of the molecule is CCNCc1cccnc1COC1CCCC1. The molecule has 0 aromatic carbocycles. The van der Waals surface area contributed by atoms with Gasteiger partial charge in [-0.05, 0) is 31.0 Å². The summed E-state index contributed by atoms with van der Waals surface area (Å²) in [5.74, 6) is 0. The molecular formula is C14H22N2O. The Morgan fingerprint density at radius 3 is 3.00 bits per heavy atom. The number of nitrogens with zero attached hydrogens (tertiary/aromatic N) is 1. The molecule has 0 aliphatic heterocycles. The van der Waals surface area contributed by atoms with E-state index >= 15 is 0 Å². The highest BCUT2D eigenvalue weighted by molar-refractivity contribution is 5.18. The second-order valence-corrected chi connectivity index (χ2v) is 4.61. The van der Waals surface area contributed by atoms with Crippen LogP contribution in [0.15, 0.2) is 18.3 Å². The average Bonchev–Trinajstić information content (AvgIpc) is 2.88. The summed E-state index contributed by atoms with van der Waals surface area (Å²) >= 11 is 0. The molecule has 3 heteroatoms. The summed E-state index contributed by atoms with van der Waals surface area (Å²) in [6.45, 7) is 4.64. The second-order valence-electron chi connectivity index (χ2n) is 4.61. The third-order valence-corrected chi connectivity index (χ3v) is 3.31. The van der Waals surface area contributed by atoms with E-state index in [2.05, 4.69) is 23.3 Å². The second kappa shape index (κ2) is 6.72. The number of hydrogen-bond donors (Lipinski definition) is 1. The van der Waals surface area contributed by atoms with E-state index in [4.69, 9.17) is 4.74 Å². The van der Waals surface area contributed by atoms with Crippen molar-refractivity contribution in [3.63, 3.8) is 0 Å². The molecule has 0 radical (unpaired) electrons. The van der Waals surface area contributed by atoms with Crippen molar-refractivity contribution in [3.8, 4) is 0 Å². The number of ether oxygens (including phenoxy) is 1. The maximum absolute atomic E-state index is 5.92. The molecule has 0 bridgehead atoms. The van der Waals surface area contributed by atoms with Gasteiger partial charge < -0.3 is 10.1 Å². The first-order chi connectivity index (χ1) is 8.40. The lowest BCUT2D eigenvalue weighted by Gasteiger charge is -2.13. The van der Waals surface area contributed by atoms with Crippen LogP contribution in [0.2, 0.25) is 0 Å². The Labute approximate surface area is 104 Å². The monoisotopic (exact) mass is 234 g/mol. The van der Waals surface area contributed by atoms with Crippen LogP contribution in [0.1, 0.15) is 43.9 Å². The molecule has 0 atom stereocenters. The highest BCUT2D eigenvalue weighted by Gasteiger charge is 2.16. The van der Waals surface area contributed by atoms with Crippen LogP contribution in [0, 0.1) is 0 Å². The van der Waals surface area contributed by atoms with Gasteiger partial charge in [0.1, 0.15) is 0 Å². The Morgan fingerprint density at radius 2 is 2.24 bits per heavy atom. The van der Waals surface area contributed by atoms with Crippen molar-refractivity contribution < 1.29 is 4.74 Å². The zero-order valence-corrected chi connectivity index (χ0v) is 10.6. The number of rotatable bonds is 6. The van der Waals surface area contributed by atoms with E-state index < -0.39 is 0 Å². The molecule has 2 rings (SSSR count). The molecule has 0 unspecified atom stereocenters. The van der Waals surface area contributed by atoms with E-state index in [-0.39, 0.29) is 0 Å². The van der Waals surface area contributed by atoms with E-state index in [0.29, 0.717) is 12.7 Å². The van der Waals surface area contributed by atoms with Crippen LogP contribution < -0.4 is 5.32 Å². The molecule has 1 aliphatic rings. The summed E-state index contributed by atoms with van der Waals surface area (Å²) < 4.78 is 5.92. The van der Waals surface area contributed by atoms with Crippen LogP contribution in [-0.2, 0) is 17.9 Å². The lowest BCUT2D eigenvalue weighted by Crippen LogP contribution is -2.15. The summed E-state index contributed by atoms with van der Waals surface area (Å²) in [5, 5.41) is 3.34. The smallest absolute Gasteiger partial charge is 0.0894 e. The minimum Gasteiger partial charge on any atom is -0.372 e. The van der Waals surface area contributed by atoms with Gasteiger partial charge in [0.15, 0.2) is 0 Å². The van der Waals surface area contributed by atoms with Gasteiger partial charge in [-0.2, -0.15) is 0 Å². The number of hydrogen-bond acceptors (Lipinski definition) is 3. The lowest BCUT2D eigenvalue weighted by atomic mass is 10.2. The van der Waals surface area contributed by atoms with Crippen LogP contribution in [0.4, 0.5) is 0 Å². The Bertz CT molecular complexity index is 335. The van der Waals surface area contributed by atoms with Gasteiger partial charge in [-0.15, -0.1) is 0 Å². The Morgan fingerprint density at radius 1 is 1.41 bits per heavy atom. The molecule has 0 amide bonds. The Kier molecular flexibility index (Phi) is 4.95. The minimum atomic E-state index is 0.462. The molecule has 3 nitrogen and oxygen atoms in total. The number of aromatic nitrogens is 1. The molecule has 1 aromatic rings. The molecule has 1 N–H and O–H groups in total. The minimum absolute atomic E-state index is 0.462. The quantitative estimate of drug-likeness (QED) is 0.821. The van der Waals surface area contributed by atoms with Gasteiger partial charge in [-0.25, -0.2) is 0 Å². The fourth-order valence-electron chi connectivity index (χ4n) is 2.27. The van der Waals surface area contributed by atoms with Gasteiger partial charge in [-0.1, -0.05) is 25.8 Å². The molecule has 1 fully saturated rings. The summed E-state index contributed by atoms with van der Waals surface area (Å²) in [4.78, 5) is 4.43. The zero-order chi connectivity index (χ0) is 11.9. The zero-order valence-electron chi connectivity index (χ0n) is 10.6. The van der Waals surface area contributed by atoms with Crippen molar-refractivity contribution in [2.75, 3.05) is 6.54 Å². The van der Waals surface area contributed by atoms with Crippen molar-refractivity contribution >= 4 is 0 Å². The van der Waals surface area contributed by atoms with E-state index in [1.54, 1.807) is 0 Å². The van der Waals surface area contributed by atoms with Crippen molar-refractivity contribution in [1.29, 1.82) is 0 Å². The highest BCUT2D eigenvalue weighted by Crippen LogP contribution is 2.22. The van der Waals surface area contributed by atoms with Gasteiger partial charge >= 0.3 is 0 Å². The third kappa shape index (κ3) is 3.79. The molecule has 1 saturated carbocycles. The van der Waals surface area contributed by atoms with E-state index in [1.807, 2.05) is 12.3 Å². The molecular weight excluding hydrogens is 212 g/mol. The molecule has 0 spiro atoms. The largest absolute Gasteiger partial charge is 0.372 e. The van der Waals surface area contributed by atoms with Gasteiger partial charge in [0.25, 0.3) is 0 Å². The van der Waals surface area contributed by atoms with Crippen LogP contribution in [0.5, 0.6) is 0 Å². The molecule has 1 aliphatic carbocycles. The molecule has 1 heterocycles. The molecule has 1 aromatic heterocycles. The van der Waals surface area contributed by atoms with Crippen molar-refractivity contribution in [2.24, 2.45) is 0 Å². The number of nitrogens with one attached hydrogen (secondary N) is 1. The highest BCUT2D eigenvalue weighted by atomic mass is 16.5. The van der Waals surface area contributed by atoms with Crippen LogP contribution in [-0.4, -0.2) is 17.6 Å². The normalized spacial score (nSPS) is 16.5. The molecule has 0 saturated heterocycles. The summed E-state index contributed by atoms with van der Waals surface area (Å²) in [6, 6.07) is 4.12. The molecule has 94 valence electrons. The van der Waals surface area contributed by atoms with E-state index in [9.17, 15) is 0 Å². The predicted octanol–water partition coefficient (Wildman–Crippen LogP) is 2.65. The fraction of sp³-hybridized carbons (Fsp3) is 0.643. The van der Waals surface area contributed by atoms with Crippen molar-refractivity contribution in [2.45, 2.75) is 51.9 Å². The average molecular weight is 234 g/mol. The van der Waals surface area contributed by atoms with Crippen LogP contribution >= 0.6 is 0 Å². The van der Waals surface area contributed by atoms with Gasteiger partial charge in [0.05, 0.1) is 18.4 Å². The standard InChI is InChI=1S/C14H22N2O/c1-2-15-10-12-6-5-9-16-14(12)11-17-13-7-3-4-8-13/h5-6,9,13,15H,2-4,7-8,10-11H2,1H3. The summed E-state index contributed by atoms with van der Waals surface area (Å²) in [5.41, 5.74) is 2.34. The van der Waals surface area contributed by atoms with Gasteiger partial charge in [0, 0.05) is 12.7 Å². The lowest BCUT2D eigenvalue weighted by molar-refractivity contribution is 0.0433. The van der Waals surface area contributed by atoms with Crippen molar-refractivity contribution in [1.82, 2.24) is 10.3 Å². The fourth-order valence-corrected chi connectivity index (χ4v) is 2.27. The van der Waals surface area contributed by atoms with E-state index in [0.717, 1.165) is 18.8 Å². The number of pyridine rings is 1. The summed E-state index contributed by atoms with van der Waals surface area (Å²) in [6.07, 6.45) is 7.38. The van der Waals surface area contributed by atoms with Gasteiger partial charge in [0.2, 0.25) is 0 Å². The van der Waals surface area contributed by atoms with Crippen molar-refractivity contribution in [3.05, 3.63) is 29.6 Å². The first-order valence-corrected chi connectivity index (χ1v) is 6.65. The van der Waals surface area contributed by atoms with Crippen LogP contribution in [0.25, 0.3) is 0 Å². The molecule has 17 heavy (non-hydrogen) atoms. The topological polar surface area (TPSA) is 34.2 Å². The maximum Gasteiger partial charge on any atom is 0.0894 e. The third-order valence-electron chi connectivity index (χ3n) is 3.31. The van der Waals surface area contributed by atoms with E-state index in [1.165, 1.54) is 31.2 Å². The Hall–Kier alpha value is -0.930. The van der Waals surface area contributed by atoms with Gasteiger partial charge in [-0.3, -0.25) is 4.98 Å². The first-order valence-electron chi connectivity index (χ1n) is 6.65.